The van der Waals surface area contributed by atoms with Gasteiger partial charge in [0.2, 0.25) is 0 Å². The van der Waals surface area contributed by atoms with E-state index >= 15 is 0 Å². The number of nitrogens with one attached hydrogen (secondary N) is 1. The third-order valence-electron chi connectivity index (χ3n) is 5.75. The summed E-state index contributed by atoms with van der Waals surface area (Å²) in [5.41, 5.74) is 4.29. The Kier molecular flexibility index (Phi) is 4.42. The highest BCUT2D eigenvalue weighted by molar-refractivity contribution is 7.07. The van der Waals surface area contributed by atoms with Crippen LogP contribution in [-0.4, -0.2) is 42.0 Å². The van der Waals surface area contributed by atoms with Gasteiger partial charge >= 0.3 is 0 Å². The molecule has 0 radical (unpaired) electrons. The summed E-state index contributed by atoms with van der Waals surface area (Å²) in [6, 6.07) is 12.3. The standard InChI is InChI=1S/C22H23N3OS/c26-22(25-10-8-24(9-11-25)14-16-7-12-27-15-16)19-13-21(17-5-6-17)23-20-4-2-1-3-18(19)20/h1-4,7,12-13,15,17H,5-6,8-11,14H2/p+1. The minimum atomic E-state index is 0.171. The molecule has 1 aromatic carbocycles. The molecule has 0 atom stereocenters. The first-order chi connectivity index (χ1) is 13.3. The molecule has 27 heavy (non-hydrogen) atoms. The molecule has 1 N–H and O–H groups in total. The molecule has 2 aromatic heterocycles. The normalized spacial score (nSPS) is 18.1. The third-order valence-corrected chi connectivity index (χ3v) is 6.49. The molecule has 1 aliphatic carbocycles. The number of carbonyl (C=O) groups excluding carboxylic acids is 1. The predicted octanol–water partition coefficient (Wildman–Crippen LogP) is 2.71. The molecular weight excluding hydrogens is 354 g/mol. The largest absolute Gasteiger partial charge is 0.328 e. The summed E-state index contributed by atoms with van der Waals surface area (Å²) < 4.78 is 0. The number of thiophene rings is 1. The van der Waals surface area contributed by atoms with E-state index in [-0.39, 0.29) is 5.91 Å². The van der Waals surface area contributed by atoms with Crippen molar-refractivity contribution in [1.82, 2.24) is 9.88 Å². The number of para-hydroxylation sites is 1. The maximum Gasteiger partial charge on any atom is 0.255 e. The smallest absolute Gasteiger partial charge is 0.255 e. The van der Waals surface area contributed by atoms with E-state index in [1.54, 1.807) is 16.2 Å². The Bertz CT molecular complexity index is 957. The number of hydrogen-bond acceptors (Lipinski definition) is 3. The van der Waals surface area contributed by atoms with Crippen LogP contribution in [0.15, 0.2) is 47.2 Å². The van der Waals surface area contributed by atoms with Crippen molar-refractivity contribution >= 4 is 28.1 Å². The monoisotopic (exact) mass is 378 g/mol. The van der Waals surface area contributed by atoms with Crippen LogP contribution in [0.2, 0.25) is 0 Å². The number of pyridine rings is 1. The Morgan fingerprint density at radius 2 is 2.00 bits per heavy atom. The number of amides is 1. The van der Waals surface area contributed by atoms with Crippen molar-refractivity contribution in [2.24, 2.45) is 0 Å². The molecule has 5 rings (SSSR count). The molecule has 3 heterocycles. The lowest BCUT2D eigenvalue weighted by molar-refractivity contribution is -0.917. The van der Waals surface area contributed by atoms with Crippen LogP contribution in [0.5, 0.6) is 0 Å². The molecule has 138 valence electrons. The van der Waals surface area contributed by atoms with Gasteiger partial charge in [-0.05, 0) is 41.8 Å². The highest BCUT2D eigenvalue weighted by Crippen LogP contribution is 2.40. The summed E-state index contributed by atoms with van der Waals surface area (Å²) in [5, 5.41) is 5.35. The molecule has 1 saturated carbocycles. The topological polar surface area (TPSA) is 37.6 Å². The zero-order valence-corrected chi connectivity index (χ0v) is 16.2. The van der Waals surface area contributed by atoms with E-state index in [0.29, 0.717) is 5.92 Å². The molecule has 1 amide bonds. The van der Waals surface area contributed by atoms with Crippen LogP contribution in [0.3, 0.4) is 0 Å². The van der Waals surface area contributed by atoms with Gasteiger partial charge in [-0.3, -0.25) is 9.78 Å². The summed E-state index contributed by atoms with van der Waals surface area (Å²) >= 11 is 1.76. The average molecular weight is 379 g/mol. The van der Waals surface area contributed by atoms with Gasteiger partial charge in [0.15, 0.2) is 0 Å². The molecular formula is C22H24N3OS+. The first-order valence-electron chi connectivity index (χ1n) is 9.81. The van der Waals surface area contributed by atoms with Crippen molar-refractivity contribution in [2.45, 2.75) is 25.3 Å². The maximum atomic E-state index is 13.3. The Hall–Kier alpha value is -2.24. The van der Waals surface area contributed by atoms with Crippen molar-refractivity contribution < 1.29 is 9.69 Å². The lowest BCUT2D eigenvalue weighted by atomic mass is 10.0. The fourth-order valence-electron chi connectivity index (χ4n) is 4.02. The Morgan fingerprint density at radius 3 is 2.74 bits per heavy atom. The predicted molar refractivity (Wildman–Crippen MR) is 108 cm³/mol. The molecule has 1 aliphatic heterocycles. The molecule has 4 nitrogen and oxygen atoms in total. The van der Waals surface area contributed by atoms with Gasteiger partial charge < -0.3 is 9.80 Å². The zero-order chi connectivity index (χ0) is 18.2. The van der Waals surface area contributed by atoms with Crippen LogP contribution < -0.4 is 4.90 Å². The summed E-state index contributed by atoms with van der Waals surface area (Å²) in [4.78, 5) is 21.7. The number of carbonyl (C=O) groups is 1. The Labute approximate surface area is 163 Å². The minimum absolute atomic E-state index is 0.171. The van der Waals surface area contributed by atoms with Gasteiger partial charge in [-0.1, -0.05) is 18.2 Å². The quantitative estimate of drug-likeness (QED) is 0.758. The number of piperazine rings is 1. The summed E-state index contributed by atoms with van der Waals surface area (Å²) in [5.74, 6) is 0.721. The molecule has 0 unspecified atom stereocenters. The van der Waals surface area contributed by atoms with Crippen LogP contribution in [0.1, 0.15) is 40.4 Å². The fraction of sp³-hybridized carbons (Fsp3) is 0.364. The summed E-state index contributed by atoms with van der Waals surface area (Å²) in [6.07, 6.45) is 2.40. The lowest BCUT2D eigenvalue weighted by Crippen LogP contribution is -3.13. The van der Waals surface area contributed by atoms with Crippen molar-refractivity contribution in [3.63, 3.8) is 0 Å². The van der Waals surface area contributed by atoms with Crippen molar-refractivity contribution in [3.05, 3.63) is 64.0 Å². The number of rotatable bonds is 4. The Balaban J connectivity index is 1.35. The van der Waals surface area contributed by atoms with Gasteiger partial charge in [-0.2, -0.15) is 11.3 Å². The van der Waals surface area contributed by atoms with E-state index in [4.69, 9.17) is 4.98 Å². The molecule has 0 spiro atoms. The van der Waals surface area contributed by atoms with E-state index in [1.165, 1.54) is 18.4 Å². The average Bonchev–Trinajstić information content (AvgIpc) is 3.44. The van der Waals surface area contributed by atoms with Gasteiger partial charge in [0.05, 0.1) is 37.3 Å². The van der Waals surface area contributed by atoms with E-state index in [1.807, 2.05) is 29.2 Å². The SMILES string of the molecule is O=C(c1cc(C2CC2)nc2ccccc12)N1CC[NH+](Cc2ccsc2)CC1. The third kappa shape index (κ3) is 3.49. The van der Waals surface area contributed by atoms with Crippen LogP contribution in [0, 0.1) is 0 Å². The van der Waals surface area contributed by atoms with E-state index < -0.39 is 0 Å². The van der Waals surface area contributed by atoms with Crippen molar-refractivity contribution in [3.8, 4) is 0 Å². The highest BCUT2D eigenvalue weighted by atomic mass is 32.1. The van der Waals surface area contributed by atoms with Crippen molar-refractivity contribution in [2.75, 3.05) is 26.2 Å². The number of benzene rings is 1. The first kappa shape index (κ1) is 16.9. The number of quaternary nitrogens is 1. The zero-order valence-electron chi connectivity index (χ0n) is 15.4. The number of hydrogen-bond donors (Lipinski definition) is 1. The van der Waals surface area contributed by atoms with Crippen LogP contribution >= 0.6 is 11.3 Å². The van der Waals surface area contributed by atoms with Gasteiger partial charge in [0, 0.05) is 22.6 Å². The lowest BCUT2D eigenvalue weighted by Gasteiger charge is -2.32. The van der Waals surface area contributed by atoms with Gasteiger partial charge in [0.25, 0.3) is 5.91 Å². The second kappa shape index (κ2) is 7.06. The van der Waals surface area contributed by atoms with E-state index in [9.17, 15) is 4.79 Å². The van der Waals surface area contributed by atoms with Crippen LogP contribution in [0.25, 0.3) is 10.9 Å². The number of fused-ring (bicyclic) bond motifs is 1. The highest BCUT2D eigenvalue weighted by Gasteiger charge is 2.29. The molecule has 5 heteroatoms. The van der Waals surface area contributed by atoms with Gasteiger partial charge in [0.1, 0.15) is 6.54 Å². The van der Waals surface area contributed by atoms with E-state index in [2.05, 4.69) is 22.9 Å². The minimum Gasteiger partial charge on any atom is -0.328 e. The molecule has 2 aliphatic rings. The van der Waals surface area contributed by atoms with Gasteiger partial charge in [-0.15, -0.1) is 0 Å². The Morgan fingerprint density at radius 1 is 1.19 bits per heavy atom. The molecule has 1 saturated heterocycles. The first-order valence-corrected chi connectivity index (χ1v) is 10.8. The second-order valence-electron chi connectivity index (χ2n) is 7.74. The summed E-state index contributed by atoms with van der Waals surface area (Å²) in [6.45, 7) is 4.75. The molecule has 2 fully saturated rings. The maximum absolute atomic E-state index is 13.3. The van der Waals surface area contributed by atoms with Gasteiger partial charge in [-0.25, -0.2) is 0 Å². The second-order valence-corrected chi connectivity index (χ2v) is 8.52. The molecule has 3 aromatic rings. The number of nitrogens with zero attached hydrogens (tertiary/aromatic N) is 2. The van der Waals surface area contributed by atoms with Crippen LogP contribution in [-0.2, 0) is 6.54 Å². The number of aromatic nitrogens is 1. The van der Waals surface area contributed by atoms with E-state index in [0.717, 1.165) is 54.9 Å². The molecule has 0 bridgehead atoms. The summed E-state index contributed by atoms with van der Waals surface area (Å²) in [7, 11) is 0. The fourth-order valence-corrected chi connectivity index (χ4v) is 4.68. The van der Waals surface area contributed by atoms with Crippen LogP contribution in [0.4, 0.5) is 0 Å². The van der Waals surface area contributed by atoms with Crippen molar-refractivity contribution in [1.29, 1.82) is 0 Å².